The molecule has 0 bridgehead atoms. The number of esters is 1. The van der Waals surface area contributed by atoms with Crippen LogP contribution in [-0.2, 0) is 27.2 Å². The fourth-order valence-corrected chi connectivity index (χ4v) is 3.09. The summed E-state index contributed by atoms with van der Waals surface area (Å²) in [5, 5.41) is -0.0331. The first-order valence-electron chi connectivity index (χ1n) is 11.1. The number of carbonyl (C=O) groups excluding carboxylic acids is 3. The second-order valence-electron chi connectivity index (χ2n) is 6.13. The van der Waals surface area contributed by atoms with Gasteiger partial charge in [-0.15, -0.1) is 0 Å². The number of amides is 1. The summed E-state index contributed by atoms with van der Waals surface area (Å²) in [5.74, 6) is -3.44. The SMILES string of the molecule is [2H]C([2H])([2H])C([2H])([2H])c1c(C(=O)C(N)=O)c2c(OCC(=O)OC)cccc2n1Cc1ccccc1. The van der Waals surface area contributed by atoms with Crippen LogP contribution in [0.5, 0.6) is 5.75 Å². The third kappa shape index (κ3) is 3.99. The molecule has 7 nitrogen and oxygen atoms in total. The molecule has 0 unspecified atom stereocenters. The number of methoxy groups -OCH3 is 1. The molecule has 3 rings (SSSR count). The number of ketones is 1. The number of fused-ring (bicyclic) bond motifs is 1. The van der Waals surface area contributed by atoms with Gasteiger partial charge in [0.05, 0.1) is 23.6 Å². The first kappa shape index (κ1) is 14.4. The van der Waals surface area contributed by atoms with Crippen molar-refractivity contribution in [2.24, 2.45) is 5.73 Å². The molecule has 2 aromatic carbocycles. The van der Waals surface area contributed by atoms with Gasteiger partial charge in [0.2, 0.25) is 0 Å². The Morgan fingerprint density at radius 2 is 1.90 bits per heavy atom. The van der Waals surface area contributed by atoms with Crippen molar-refractivity contribution in [3.63, 3.8) is 0 Å². The van der Waals surface area contributed by atoms with Gasteiger partial charge in [-0.1, -0.05) is 43.3 Å². The second kappa shape index (κ2) is 8.60. The average molecular weight is 399 g/mol. The Hall–Kier alpha value is -3.61. The van der Waals surface area contributed by atoms with Crippen molar-refractivity contribution in [2.45, 2.75) is 19.8 Å². The largest absolute Gasteiger partial charge is 0.481 e. The topological polar surface area (TPSA) is 101 Å². The van der Waals surface area contributed by atoms with Crippen molar-refractivity contribution in [1.29, 1.82) is 0 Å². The molecule has 1 heterocycles. The minimum Gasteiger partial charge on any atom is -0.481 e. The van der Waals surface area contributed by atoms with E-state index < -0.39 is 48.7 Å². The molecule has 7 heteroatoms. The number of carbonyl (C=O) groups is 3. The summed E-state index contributed by atoms with van der Waals surface area (Å²) < 4.78 is 51.7. The van der Waals surface area contributed by atoms with Crippen LogP contribution in [0.15, 0.2) is 48.5 Å². The van der Waals surface area contributed by atoms with Gasteiger partial charge >= 0.3 is 5.97 Å². The highest BCUT2D eigenvalue weighted by Crippen LogP contribution is 2.35. The molecule has 0 radical (unpaired) electrons. The highest BCUT2D eigenvalue weighted by Gasteiger charge is 2.27. The maximum absolute atomic E-state index is 13.0. The molecule has 2 N–H and O–H groups in total. The number of benzene rings is 2. The van der Waals surface area contributed by atoms with Crippen molar-refractivity contribution < 1.29 is 30.7 Å². The predicted octanol–water partition coefficient (Wildman–Crippen LogP) is 2.47. The summed E-state index contributed by atoms with van der Waals surface area (Å²) in [6.45, 7) is -3.75. The van der Waals surface area contributed by atoms with E-state index in [0.29, 0.717) is 5.56 Å². The van der Waals surface area contributed by atoms with E-state index >= 15 is 0 Å². The van der Waals surface area contributed by atoms with Gasteiger partial charge in [-0.05, 0) is 24.1 Å². The smallest absolute Gasteiger partial charge is 0.343 e. The van der Waals surface area contributed by atoms with E-state index in [4.69, 9.17) is 17.3 Å². The highest BCUT2D eigenvalue weighted by molar-refractivity contribution is 6.45. The van der Waals surface area contributed by atoms with Gasteiger partial charge in [-0.3, -0.25) is 9.59 Å². The Labute approximate surface area is 175 Å². The van der Waals surface area contributed by atoms with Crippen molar-refractivity contribution in [2.75, 3.05) is 13.7 Å². The van der Waals surface area contributed by atoms with Crippen molar-refractivity contribution in [3.05, 3.63) is 65.4 Å². The number of nitrogens with two attached hydrogens (primary N) is 1. The summed E-state index contributed by atoms with van der Waals surface area (Å²) in [7, 11) is 1.16. The van der Waals surface area contributed by atoms with Crippen LogP contribution in [0.1, 0.15) is 35.3 Å². The van der Waals surface area contributed by atoms with E-state index in [0.717, 1.165) is 7.11 Å². The lowest BCUT2D eigenvalue weighted by Gasteiger charge is -2.11. The predicted molar refractivity (Wildman–Crippen MR) is 108 cm³/mol. The number of primary amides is 1. The van der Waals surface area contributed by atoms with E-state index in [1.54, 1.807) is 30.3 Å². The summed E-state index contributed by atoms with van der Waals surface area (Å²) in [6, 6.07) is 13.2. The number of rotatable bonds is 8. The summed E-state index contributed by atoms with van der Waals surface area (Å²) in [6.07, 6.45) is -3.05. The fourth-order valence-electron chi connectivity index (χ4n) is 3.09. The Kier molecular flexibility index (Phi) is 4.27. The molecule has 150 valence electrons. The van der Waals surface area contributed by atoms with Crippen molar-refractivity contribution in [1.82, 2.24) is 4.57 Å². The van der Waals surface area contributed by atoms with Gasteiger partial charge < -0.3 is 19.8 Å². The van der Waals surface area contributed by atoms with Gasteiger partial charge in [-0.2, -0.15) is 0 Å². The highest BCUT2D eigenvalue weighted by atomic mass is 16.6. The van der Waals surface area contributed by atoms with Crippen LogP contribution in [0.25, 0.3) is 10.9 Å². The molecular weight excluding hydrogens is 372 g/mol. The third-order valence-electron chi connectivity index (χ3n) is 4.38. The maximum atomic E-state index is 13.0. The van der Waals surface area contributed by atoms with Crippen LogP contribution in [0.2, 0.25) is 0 Å². The lowest BCUT2D eigenvalue weighted by atomic mass is 10.0. The average Bonchev–Trinajstić information content (AvgIpc) is 3.11. The Bertz CT molecular complexity index is 1250. The number of nitrogens with zero attached hydrogens (tertiary/aromatic N) is 1. The Morgan fingerprint density at radius 3 is 2.55 bits per heavy atom. The molecule has 29 heavy (non-hydrogen) atoms. The summed E-state index contributed by atoms with van der Waals surface area (Å²) >= 11 is 0. The van der Waals surface area contributed by atoms with Crippen LogP contribution < -0.4 is 10.5 Å². The van der Waals surface area contributed by atoms with Gasteiger partial charge in [-0.25, -0.2) is 4.79 Å². The van der Waals surface area contributed by atoms with Crippen LogP contribution >= 0.6 is 0 Å². The second-order valence-corrected chi connectivity index (χ2v) is 6.13. The summed E-state index contributed by atoms with van der Waals surface area (Å²) in [4.78, 5) is 36.6. The number of ether oxygens (including phenoxy) is 2. The molecule has 3 aromatic rings. The molecule has 0 saturated heterocycles. The zero-order valence-corrected chi connectivity index (χ0v) is 15.6. The van der Waals surface area contributed by atoms with E-state index in [-0.39, 0.29) is 23.2 Å². The zero-order valence-electron chi connectivity index (χ0n) is 20.6. The van der Waals surface area contributed by atoms with E-state index in [1.165, 1.54) is 22.8 Å². The van der Waals surface area contributed by atoms with E-state index in [9.17, 15) is 14.4 Å². The Balaban J connectivity index is 2.43. The van der Waals surface area contributed by atoms with Gasteiger partial charge in [0.25, 0.3) is 11.7 Å². The molecule has 1 aromatic heterocycles. The van der Waals surface area contributed by atoms with Crippen LogP contribution in [-0.4, -0.2) is 35.9 Å². The number of hydrogen-bond donors (Lipinski definition) is 1. The standard InChI is InChI=1S/C22H22N2O5/c1-3-15-20(21(26)22(23)27)19-16(24(15)12-14-8-5-4-6-9-14)10-7-11-17(19)29-13-18(25)28-2/h4-11H,3,12-13H2,1-2H3,(H2,23,27)/i1D3,3D2. The molecule has 1 amide bonds. The van der Waals surface area contributed by atoms with Crippen LogP contribution in [0.4, 0.5) is 0 Å². The van der Waals surface area contributed by atoms with Gasteiger partial charge in [0.15, 0.2) is 6.61 Å². The molecule has 0 atom stereocenters. The zero-order chi connectivity index (χ0) is 25.3. The first-order chi connectivity index (χ1) is 15.9. The Morgan fingerprint density at radius 1 is 1.14 bits per heavy atom. The molecule has 0 aliphatic rings. The minimum absolute atomic E-state index is 0.0191. The molecule has 0 aliphatic carbocycles. The van der Waals surface area contributed by atoms with Crippen molar-refractivity contribution in [3.8, 4) is 5.75 Å². The lowest BCUT2D eigenvalue weighted by molar-refractivity contribution is -0.142. The van der Waals surface area contributed by atoms with Gasteiger partial charge in [0.1, 0.15) is 5.75 Å². The molecule has 0 spiro atoms. The minimum atomic E-state index is -3.20. The summed E-state index contributed by atoms with van der Waals surface area (Å²) in [5.41, 5.74) is 5.10. The van der Waals surface area contributed by atoms with Crippen LogP contribution in [0, 0.1) is 0 Å². The number of aromatic nitrogens is 1. The molecule has 0 aliphatic heterocycles. The fraction of sp³-hybridized carbons (Fsp3) is 0.227. The number of Topliss-reactive ketones (excluding diaryl/α,β-unsaturated/α-hetero) is 1. The molecular formula is C22H22N2O5. The van der Waals surface area contributed by atoms with E-state index in [1.807, 2.05) is 0 Å². The lowest BCUT2D eigenvalue weighted by Crippen LogP contribution is -2.24. The third-order valence-corrected chi connectivity index (χ3v) is 4.38. The normalized spacial score (nSPS) is 14.2. The molecule has 0 saturated carbocycles. The monoisotopic (exact) mass is 399 g/mol. The van der Waals surface area contributed by atoms with Crippen molar-refractivity contribution >= 4 is 28.6 Å². The van der Waals surface area contributed by atoms with Crippen LogP contribution in [0.3, 0.4) is 0 Å². The maximum Gasteiger partial charge on any atom is 0.343 e. The quantitative estimate of drug-likeness (QED) is 0.356. The number of hydrogen-bond acceptors (Lipinski definition) is 5. The molecule has 0 fully saturated rings. The van der Waals surface area contributed by atoms with Gasteiger partial charge in [0, 0.05) is 19.1 Å². The first-order valence-corrected chi connectivity index (χ1v) is 8.63. The van der Waals surface area contributed by atoms with E-state index in [2.05, 4.69) is 4.74 Å².